The molecule has 4 aromatic rings. The molecule has 2 aromatic carbocycles. The van der Waals surface area contributed by atoms with Gasteiger partial charge in [-0.1, -0.05) is 18.2 Å². The van der Waals surface area contributed by atoms with Crippen molar-refractivity contribution in [3.8, 4) is 0 Å². The molecule has 0 saturated heterocycles. The second-order valence-corrected chi connectivity index (χ2v) is 5.63. The monoisotopic (exact) mass is 321 g/mol. The highest BCUT2D eigenvalue weighted by Gasteiger charge is 2.08. The molecule has 0 unspecified atom stereocenters. The van der Waals surface area contributed by atoms with Gasteiger partial charge in [-0.25, -0.2) is 4.79 Å². The molecule has 0 atom stereocenters. The maximum Gasteiger partial charge on any atom is 0.417 e. The van der Waals surface area contributed by atoms with Crippen molar-refractivity contribution in [3.63, 3.8) is 0 Å². The lowest BCUT2D eigenvalue weighted by Gasteiger charge is -2.05. The van der Waals surface area contributed by atoms with Crippen LogP contribution in [0.5, 0.6) is 0 Å². The van der Waals surface area contributed by atoms with Gasteiger partial charge in [-0.05, 0) is 36.2 Å². The summed E-state index contributed by atoms with van der Waals surface area (Å²) in [4.78, 5) is 29.1. The topological polar surface area (TPSA) is 90.9 Å². The normalized spacial score (nSPS) is 11.2. The third-order valence-electron chi connectivity index (χ3n) is 4.00. The van der Waals surface area contributed by atoms with Crippen molar-refractivity contribution in [2.45, 2.75) is 12.8 Å². The van der Waals surface area contributed by atoms with E-state index in [1.165, 1.54) is 0 Å². The van der Waals surface area contributed by atoms with Crippen LogP contribution in [-0.4, -0.2) is 15.9 Å². The quantitative estimate of drug-likeness (QED) is 0.539. The molecule has 2 heterocycles. The van der Waals surface area contributed by atoms with Gasteiger partial charge < -0.3 is 14.7 Å². The second kappa shape index (κ2) is 5.73. The molecule has 0 radical (unpaired) electrons. The summed E-state index contributed by atoms with van der Waals surface area (Å²) < 4.78 is 4.94. The van der Waals surface area contributed by atoms with E-state index in [1.54, 1.807) is 18.2 Å². The number of amides is 1. The van der Waals surface area contributed by atoms with E-state index in [9.17, 15) is 9.59 Å². The lowest BCUT2D eigenvalue weighted by Crippen LogP contribution is -2.12. The third kappa shape index (κ3) is 2.69. The Kier molecular flexibility index (Phi) is 3.42. The Morgan fingerprint density at radius 3 is 2.92 bits per heavy atom. The van der Waals surface area contributed by atoms with Crippen molar-refractivity contribution in [1.82, 2.24) is 9.97 Å². The van der Waals surface area contributed by atoms with Crippen LogP contribution in [0.25, 0.3) is 22.0 Å². The van der Waals surface area contributed by atoms with Gasteiger partial charge in [-0.3, -0.25) is 9.78 Å². The largest absolute Gasteiger partial charge is 0.417 e. The van der Waals surface area contributed by atoms with Crippen molar-refractivity contribution in [3.05, 3.63) is 64.8 Å². The Labute approximate surface area is 136 Å². The first kappa shape index (κ1) is 14.3. The van der Waals surface area contributed by atoms with Gasteiger partial charge >= 0.3 is 5.76 Å². The van der Waals surface area contributed by atoms with Gasteiger partial charge in [0.1, 0.15) is 0 Å². The average Bonchev–Trinajstić information content (AvgIpc) is 3.15. The summed E-state index contributed by atoms with van der Waals surface area (Å²) in [6, 6.07) is 13.1. The number of oxazole rings is 1. The van der Waals surface area contributed by atoms with Gasteiger partial charge in [0.15, 0.2) is 5.58 Å². The number of carbonyl (C=O) groups excluding carboxylic acids is 1. The molecule has 1 amide bonds. The lowest BCUT2D eigenvalue weighted by atomic mass is 10.1. The molecular weight excluding hydrogens is 306 g/mol. The Balaban J connectivity index is 1.45. The average molecular weight is 321 g/mol. The molecule has 2 aromatic heterocycles. The van der Waals surface area contributed by atoms with E-state index in [-0.39, 0.29) is 5.91 Å². The van der Waals surface area contributed by atoms with Crippen molar-refractivity contribution in [2.75, 3.05) is 5.32 Å². The number of hydrogen-bond acceptors (Lipinski definition) is 3. The summed E-state index contributed by atoms with van der Waals surface area (Å²) >= 11 is 0. The van der Waals surface area contributed by atoms with Crippen molar-refractivity contribution in [1.29, 1.82) is 0 Å². The molecule has 0 fully saturated rings. The number of rotatable bonds is 4. The minimum absolute atomic E-state index is 0.0783. The number of hydrogen-bond donors (Lipinski definition) is 3. The zero-order chi connectivity index (χ0) is 16.5. The minimum atomic E-state index is -0.507. The Morgan fingerprint density at radius 2 is 2.00 bits per heavy atom. The maximum absolute atomic E-state index is 12.2. The maximum atomic E-state index is 12.2. The van der Waals surface area contributed by atoms with Crippen LogP contribution in [0.1, 0.15) is 12.0 Å². The molecule has 6 heteroatoms. The fourth-order valence-corrected chi connectivity index (χ4v) is 2.84. The van der Waals surface area contributed by atoms with E-state index in [2.05, 4.69) is 15.3 Å². The fourth-order valence-electron chi connectivity index (χ4n) is 2.84. The lowest BCUT2D eigenvalue weighted by molar-refractivity contribution is -0.116. The summed E-state index contributed by atoms with van der Waals surface area (Å²) in [7, 11) is 0. The van der Waals surface area contributed by atoms with Crippen LogP contribution in [0.2, 0.25) is 0 Å². The standard InChI is InChI=1S/C18H15N3O3/c22-17(8-5-11-10-19-14-4-2-1-3-13(11)14)20-12-6-7-16-15(9-12)21-18(23)24-16/h1-4,6-7,9-10,19H,5,8H2,(H,20,22)(H,21,23). The van der Waals surface area contributed by atoms with Crippen molar-refractivity contribution >= 4 is 33.6 Å². The summed E-state index contributed by atoms with van der Waals surface area (Å²) in [6.07, 6.45) is 2.97. The highest BCUT2D eigenvalue weighted by molar-refractivity contribution is 5.93. The molecule has 0 aliphatic heterocycles. The summed E-state index contributed by atoms with van der Waals surface area (Å²) in [5, 5.41) is 3.98. The molecule has 6 nitrogen and oxygen atoms in total. The van der Waals surface area contributed by atoms with E-state index in [0.29, 0.717) is 29.6 Å². The van der Waals surface area contributed by atoms with Gasteiger partial charge in [0.05, 0.1) is 5.52 Å². The molecule has 0 bridgehead atoms. The number of anilines is 1. The van der Waals surface area contributed by atoms with Gasteiger partial charge in [-0.15, -0.1) is 0 Å². The Hall–Kier alpha value is -3.28. The number of H-pyrrole nitrogens is 2. The van der Waals surface area contributed by atoms with E-state index in [1.807, 2.05) is 30.5 Å². The predicted molar refractivity (Wildman–Crippen MR) is 92.1 cm³/mol. The van der Waals surface area contributed by atoms with E-state index in [0.717, 1.165) is 16.5 Å². The first-order valence-electron chi connectivity index (χ1n) is 7.67. The van der Waals surface area contributed by atoms with Gasteiger partial charge in [-0.2, -0.15) is 0 Å². The SMILES string of the molecule is O=C(CCc1c[nH]c2ccccc12)Nc1ccc2oc(=O)[nH]c2c1. The number of nitrogens with one attached hydrogen (secondary N) is 3. The number of benzene rings is 2. The van der Waals surface area contributed by atoms with Crippen LogP contribution in [-0.2, 0) is 11.2 Å². The van der Waals surface area contributed by atoms with Crippen LogP contribution in [0.4, 0.5) is 5.69 Å². The fraction of sp³-hybridized carbons (Fsp3) is 0.111. The number of carbonyl (C=O) groups is 1. The molecule has 4 rings (SSSR count). The Bertz CT molecular complexity index is 1090. The zero-order valence-corrected chi connectivity index (χ0v) is 12.8. The van der Waals surface area contributed by atoms with E-state index < -0.39 is 5.76 Å². The number of fused-ring (bicyclic) bond motifs is 2. The summed E-state index contributed by atoms with van der Waals surface area (Å²) in [5.41, 5.74) is 3.85. The zero-order valence-electron chi connectivity index (χ0n) is 12.8. The number of aromatic amines is 2. The smallest absolute Gasteiger partial charge is 0.408 e. The number of aryl methyl sites for hydroxylation is 1. The van der Waals surface area contributed by atoms with Gasteiger partial charge in [0.25, 0.3) is 0 Å². The van der Waals surface area contributed by atoms with E-state index in [4.69, 9.17) is 4.42 Å². The minimum Gasteiger partial charge on any atom is -0.408 e. The van der Waals surface area contributed by atoms with Crippen LogP contribution in [0.15, 0.2) is 57.9 Å². The molecule has 24 heavy (non-hydrogen) atoms. The predicted octanol–water partition coefficient (Wildman–Crippen LogP) is 3.17. The first-order chi connectivity index (χ1) is 11.7. The number of aromatic nitrogens is 2. The van der Waals surface area contributed by atoms with Gasteiger partial charge in [0, 0.05) is 29.2 Å². The molecule has 0 spiro atoms. The summed E-state index contributed by atoms with van der Waals surface area (Å²) in [6.45, 7) is 0. The molecule has 3 N–H and O–H groups in total. The molecule has 0 aliphatic rings. The van der Waals surface area contributed by atoms with Crippen LogP contribution >= 0.6 is 0 Å². The van der Waals surface area contributed by atoms with Crippen LogP contribution in [0.3, 0.4) is 0 Å². The van der Waals surface area contributed by atoms with Crippen LogP contribution in [0, 0.1) is 0 Å². The first-order valence-corrected chi connectivity index (χ1v) is 7.67. The number of para-hydroxylation sites is 1. The summed E-state index contributed by atoms with van der Waals surface area (Å²) in [5.74, 6) is -0.585. The Morgan fingerprint density at radius 1 is 1.12 bits per heavy atom. The highest BCUT2D eigenvalue weighted by atomic mass is 16.4. The molecule has 120 valence electrons. The van der Waals surface area contributed by atoms with Crippen LogP contribution < -0.4 is 11.1 Å². The van der Waals surface area contributed by atoms with E-state index >= 15 is 0 Å². The highest BCUT2D eigenvalue weighted by Crippen LogP contribution is 2.20. The molecular formula is C18H15N3O3. The molecule has 0 saturated carbocycles. The second-order valence-electron chi connectivity index (χ2n) is 5.63. The molecule has 0 aliphatic carbocycles. The third-order valence-corrected chi connectivity index (χ3v) is 4.00. The van der Waals surface area contributed by atoms with Crippen molar-refractivity contribution < 1.29 is 9.21 Å². The van der Waals surface area contributed by atoms with Crippen molar-refractivity contribution in [2.24, 2.45) is 0 Å². The van der Waals surface area contributed by atoms with Gasteiger partial charge in [0.2, 0.25) is 5.91 Å².